The topological polar surface area (TPSA) is 26.0 Å². The Balaban J connectivity index is 2.68. The SMILES string of the molecule is Cc1cc(CC(N)C(F)F)c(C)s1. The van der Waals surface area contributed by atoms with E-state index >= 15 is 0 Å². The molecule has 0 bridgehead atoms. The molecule has 2 N–H and O–H groups in total. The van der Waals surface area contributed by atoms with Crippen LogP contribution in [-0.2, 0) is 6.42 Å². The minimum Gasteiger partial charge on any atom is -0.323 e. The summed E-state index contributed by atoms with van der Waals surface area (Å²) >= 11 is 1.62. The number of aryl methyl sites for hydroxylation is 2. The number of alkyl halides is 2. The lowest BCUT2D eigenvalue weighted by molar-refractivity contribution is 0.116. The molecule has 74 valence electrons. The molecule has 1 unspecified atom stereocenters. The zero-order valence-corrected chi connectivity index (χ0v) is 8.50. The summed E-state index contributed by atoms with van der Waals surface area (Å²) in [5.41, 5.74) is 6.24. The van der Waals surface area contributed by atoms with Crippen molar-refractivity contribution in [2.24, 2.45) is 5.73 Å². The fourth-order valence-electron chi connectivity index (χ4n) is 1.23. The first-order chi connectivity index (χ1) is 6.00. The molecule has 1 heterocycles. The fourth-order valence-corrected chi connectivity index (χ4v) is 2.19. The van der Waals surface area contributed by atoms with E-state index in [-0.39, 0.29) is 6.42 Å². The predicted molar refractivity (Wildman–Crippen MR) is 51.5 cm³/mol. The Hall–Kier alpha value is -0.480. The molecule has 0 fully saturated rings. The van der Waals surface area contributed by atoms with Crippen LogP contribution in [0, 0.1) is 13.8 Å². The van der Waals surface area contributed by atoms with Crippen molar-refractivity contribution in [2.45, 2.75) is 32.7 Å². The van der Waals surface area contributed by atoms with Gasteiger partial charge in [0.1, 0.15) is 0 Å². The van der Waals surface area contributed by atoms with E-state index in [1.165, 1.54) is 0 Å². The molecular formula is C9H13F2NS. The summed E-state index contributed by atoms with van der Waals surface area (Å²) in [5, 5.41) is 0. The van der Waals surface area contributed by atoms with Gasteiger partial charge < -0.3 is 5.73 Å². The number of rotatable bonds is 3. The van der Waals surface area contributed by atoms with Crippen molar-refractivity contribution in [2.75, 3.05) is 0 Å². The predicted octanol–water partition coefficient (Wildman–Crippen LogP) is 2.50. The van der Waals surface area contributed by atoms with Crippen LogP contribution in [0.4, 0.5) is 8.78 Å². The summed E-state index contributed by atoms with van der Waals surface area (Å²) in [5.74, 6) is 0. The van der Waals surface area contributed by atoms with Gasteiger partial charge in [-0.1, -0.05) is 0 Å². The van der Waals surface area contributed by atoms with E-state index in [0.29, 0.717) is 0 Å². The van der Waals surface area contributed by atoms with Gasteiger partial charge in [0.05, 0.1) is 6.04 Å². The molecule has 0 radical (unpaired) electrons. The van der Waals surface area contributed by atoms with E-state index in [4.69, 9.17) is 5.73 Å². The van der Waals surface area contributed by atoms with Crippen molar-refractivity contribution in [3.63, 3.8) is 0 Å². The van der Waals surface area contributed by atoms with E-state index in [0.717, 1.165) is 15.3 Å². The normalized spacial score (nSPS) is 13.7. The summed E-state index contributed by atoms with van der Waals surface area (Å²) in [4.78, 5) is 2.24. The molecule has 0 saturated carbocycles. The number of thiophene rings is 1. The second-order valence-corrected chi connectivity index (χ2v) is 4.60. The summed E-state index contributed by atoms with van der Waals surface area (Å²) in [7, 11) is 0. The van der Waals surface area contributed by atoms with Crippen LogP contribution in [0.1, 0.15) is 15.3 Å². The van der Waals surface area contributed by atoms with Gasteiger partial charge in [-0.25, -0.2) is 8.78 Å². The van der Waals surface area contributed by atoms with E-state index in [1.54, 1.807) is 11.3 Å². The first kappa shape index (κ1) is 10.6. The average molecular weight is 205 g/mol. The van der Waals surface area contributed by atoms with Crippen LogP contribution in [-0.4, -0.2) is 12.5 Å². The highest BCUT2D eigenvalue weighted by Gasteiger charge is 2.17. The third kappa shape index (κ3) is 2.74. The molecule has 1 aromatic rings. The van der Waals surface area contributed by atoms with Gasteiger partial charge in [0.25, 0.3) is 6.43 Å². The smallest absolute Gasteiger partial charge is 0.253 e. The Morgan fingerprint density at radius 2 is 2.08 bits per heavy atom. The summed E-state index contributed by atoms with van der Waals surface area (Å²) in [6.45, 7) is 3.90. The monoisotopic (exact) mass is 205 g/mol. The maximum Gasteiger partial charge on any atom is 0.253 e. The molecule has 0 aliphatic heterocycles. The molecule has 0 spiro atoms. The van der Waals surface area contributed by atoms with Crippen LogP contribution in [0.25, 0.3) is 0 Å². The first-order valence-electron chi connectivity index (χ1n) is 4.10. The minimum absolute atomic E-state index is 0.272. The van der Waals surface area contributed by atoms with Crippen LogP contribution < -0.4 is 5.73 Å². The van der Waals surface area contributed by atoms with E-state index in [9.17, 15) is 8.78 Å². The van der Waals surface area contributed by atoms with Crippen LogP contribution in [0.15, 0.2) is 6.07 Å². The van der Waals surface area contributed by atoms with Crippen molar-refractivity contribution in [1.29, 1.82) is 0 Å². The van der Waals surface area contributed by atoms with Crippen molar-refractivity contribution >= 4 is 11.3 Å². The maximum atomic E-state index is 12.1. The fraction of sp³-hybridized carbons (Fsp3) is 0.556. The third-order valence-corrected chi connectivity index (χ3v) is 2.93. The molecule has 1 atom stereocenters. The number of hydrogen-bond donors (Lipinski definition) is 1. The average Bonchev–Trinajstić information content (AvgIpc) is 2.30. The Labute approximate surface area is 80.6 Å². The van der Waals surface area contributed by atoms with E-state index < -0.39 is 12.5 Å². The molecule has 0 aromatic carbocycles. The molecule has 1 rings (SSSR count). The standard InChI is InChI=1S/C9H13F2NS/c1-5-3-7(6(2)13-5)4-8(12)9(10)11/h3,8-9H,4,12H2,1-2H3. The number of halogens is 2. The molecule has 1 aromatic heterocycles. The lowest BCUT2D eigenvalue weighted by Gasteiger charge is -2.09. The molecule has 0 aliphatic carbocycles. The lowest BCUT2D eigenvalue weighted by atomic mass is 10.1. The van der Waals surface area contributed by atoms with E-state index in [2.05, 4.69) is 0 Å². The van der Waals surface area contributed by atoms with E-state index in [1.807, 2.05) is 19.9 Å². The van der Waals surface area contributed by atoms with Gasteiger partial charge >= 0.3 is 0 Å². The summed E-state index contributed by atoms with van der Waals surface area (Å²) in [6, 6.07) is 0.898. The molecular weight excluding hydrogens is 192 g/mol. The zero-order chi connectivity index (χ0) is 10.0. The minimum atomic E-state index is -2.43. The largest absolute Gasteiger partial charge is 0.323 e. The van der Waals surface area contributed by atoms with Crippen molar-refractivity contribution in [1.82, 2.24) is 0 Å². The van der Waals surface area contributed by atoms with Gasteiger partial charge in [-0.15, -0.1) is 11.3 Å². The molecule has 0 amide bonds. The van der Waals surface area contributed by atoms with Crippen molar-refractivity contribution in [3.8, 4) is 0 Å². The second kappa shape index (κ2) is 4.15. The van der Waals surface area contributed by atoms with Gasteiger partial charge in [-0.05, 0) is 31.9 Å². The van der Waals surface area contributed by atoms with Gasteiger partial charge in [-0.2, -0.15) is 0 Å². The zero-order valence-electron chi connectivity index (χ0n) is 7.68. The van der Waals surface area contributed by atoms with Crippen LogP contribution in [0.3, 0.4) is 0 Å². The highest BCUT2D eigenvalue weighted by molar-refractivity contribution is 7.12. The summed E-state index contributed by atoms with van der Waals surface area (Å²) < 4.78 is 24.3. The Morgan fingerprint density at radius 1 is 1.46 bits per heavy atom. The molecule has 1 nitrogen and oxygen atoms in total. The first-order valence-corrected chi connectivity index (χ1v) is 4.92. The highest BCUT2D eigenvalue weighted by atomic mass is 32.1. The lowest BCUT2D eigenvalue weighted by Crippen LogP contribution is -2.30. The molecule has 4 heteroatoms. The number of hydrogen-bond acceptors (Lipinski definition) is 2. The molecule has 0 aliphatic rings. The van der Waals surface area contributed by atoms with Crippen LogP contribution in [0.5, 0.6) is 0 Å². The van der Waals surface area contributed by atoms with Gasteiger partial charge in [0.2, 0.25) is 0 Å². The quantitative estimate of drug-likeness (QED) is 0.806. The van der Waals surface area contributed by atoms with Gasteiger partial charge in [0.15, 0.2) is 0 Å². The third-order valence-electron chi connectivity index (χ3n) is 1.92. The Morgan fingerprint density at radius 3 is 2.46 bits per heavy atom. The Kier molecular flexibility index (Phi) is 3.39. The van der Waals surface area contributed by atoms with Gasteiger partial charge in [-0.3, -0.25) is 0 Å². The summed E-state index contributed by atoms with van der Waals surface area (Å²) in [6.07, 6.45) is -2.16. The van der Waals surface area contributed by atoms with Crippen LogP contribution >= 0.6 is 11.3 Å². The van der Waals surface area contributed by atoms with Crippen molar-refractivity contribution < 1.29 is 8.78 Å². The maximum absolute atomic E-state index is 12.1. The van der Waals surface area contributed by atoms with Crippen molar-refractivity contribution in [3.05, 3.63) is 21.4 Å². The van der Waals surface area contributed by atoms with Crippen LogP contribution in [0.2, 0.25) is 0 Å². The molecule has 13 heavy (non-hydrogen) atoms. The number of nitrogens with two attached hydrogens (primary N) is 1. The van der Waals surface area contributed by atoms with Gasteiger partial charge in [0, 0.05) is 9.75 Å². The Bertz CT molecular complexity index is 283. The highest BCUT2D eigenvalue weighted by Crippen LogP contribution is 2.22. The second-order valence-electron chi connectivity index (χ2n) is 3.14. The molecule has 0 saturated heterocycles.